The summed E-state index contributed by atoms with van der Waals surface area (Å²) in [7, 11) is 1.31. The lowest BCUT2D eigenvalue weighted by Gasteiger charge is -2.19. The first-order valence-electron chi connectivity index (χ1n) is 6.38. The van der Waals surface area contributed by atoms with E-state index in [0.717, 1.165) is 10.2 Å². The molecule has 1 atom stereocenters. The molecule has 0 bridgehead atoms. The van der Waals surface area contributed by atoms with Gasteiger partial charge in [-0.2, -0.15) is 0 Å². The molecule has 2 aromatic carbocycles. The van der Waals surface area contributed by atoms with Gasteiger partial charge in [0.25, 0.3) is 0 Å². The predicted molar refractivity (Wildman–Crippen MR) is 83.7 cm³/mol. The lowest BCUT2D eigenvalue weighted by atomic mass is 10.0. The summed E-state index contributed by atoms with van der Waals surface area (Å²) < 4.78 is 19.4. The maximum atomic E-state index is 13.7. The molecule has 0 saturated carbocycles. The van der Waals surface area contributed by atoms with Crippen LogP contribution in [0, 0.1) is 12.7 Å². The zero-order valence-corrected chi connectivity index (χ0v) is 13.3. The summed E-state index contributed by atoms with van der Waals surface area (Å²) in [6.07, 6.45) is 0. The van der Waals surface area contributed by atoms with E-state index in [-0.39, 0.29) is 5.82 Å². The molecule has 1 unspecified atom stereocenters. The second-order valence-electron chi connectivity index (χ2n) is 4.59. The summed E-state index contributed by atoms with van der Waals surface area (Å²) in [5.41, 5.74) is 1.78. The number of anilines is 1. The van der Waals surface area contributed by atoms with Crippen LogP contribution in [0.15, 0.2) is 46.9 Å². The normalized spacial score (nSPS) is 11.8. The molecule has 21 heavy (non-hydrogen) atoms. The van der Waals surface area contributed by atoms with Gasteiger partial charge in [0.2, 0.25) is 0 Å². The second-order valence-corrected chi connectivity index (χ2v) is 5.44. The summed E-state index contributed by atoms with van der Waals surface area (Å²) in [6.45, 7) is 1.67. The van der Waals surface area contributed by atoms with E-state index in [9.17, 15) is 9.18 Å². The van der Waals surface area contributed by atoms with E-state index in [1.54, 1.807) is 19.1 Å². The van der Waals surface area contributed by atoms with Gasteiger partial charge in [-0.05, 0) is 52.2 Å². The van der Waals surface area contributed by atoms with Crippen LogP contribution >= 0.6 is 15.9 Å². The van der Waals surface area contributed by atoms with Crippen molar-refractivity contribution in [3.63, 3.8) is 0 Å². The van der Waals surface area contributed by atoms with E-state index in [4.69, 9.17) is 4.74 Å². The quantitative estimate of drug-likeness (QED) is 0.838. The Bertz CT molecular complexity index is 660. The molecule has 0 aliphatic rings. The van der Waals surface area contributed by atoms with Crippen molar-refractivity contribution < 1.29 is 13.9 Å². The number of benzene rings is 2. The summed E-state index contributed by atoms with van der Waals surface area (Å²) in [6, 6.07) is 11.3. The van der Waals surface area contributed by atoms with Crippen molar-refractivity contribution in [2.45, 2.75) is 13.0 Å². The van der Waals surface area contributed by atoms with Gasteiger partial charge in [-0.25, -0.2) is 9.18 Å². The number of carbonyl (C=O) groups excluding carboxylic acids is 1. The standard InChI is InChI=1S/C16H15BrFNO2/c1-10-7-8-11(9-13(10)18)15(16(20)21-2)19-14-6-4-3-5-12(14)17/h3-9,15,19H,1-2H3. The Morgan fingerprint density at radius 1 is 1.29 bits per heavy atom. The van der Waals surface area contributed by atoms with Gasteiger partial charge < -0.3 is 10.1 Å². The minimum atomic E-state index is -0.774. The number of ether oxygens (including phenoxy) is 1. The van der Waals surface area contributed by atoms with Gasteiger partial charge in [0.15, 0.2) is 6.04 Å². The first kappa shape index (κ1) is 15.5. The van der Waals surface area contributed by atoms with Crippen molar-refractivity contribution in [1.82, 2.24) is 0 Å². The molecule has 110 valence electrons. The van der Waals surface area contributed by atoms with E-state index in [0.29, 0.717) is 11.1 Å². The highest BCUT2D eigenvalue weighted by atomic mass is 79.9. The smallest absolute Gasteiger partial charge is 0.332 e. The Hall–Kier alpha value is -1.88. The topological polar surface area (TPSA) is 38.3 Å². The molecule has 0 radical (unpaired) electrons. The Labute approximate surface area is 131 Å². The van der Waals surface area contributed by atoms with Crippen LogP contribution < -0.4 is 5.32 Å². The van der Waals surface area contributed by atoms with Crippen molar-refractivity contribution in [2.24, 2.45) is 0 Å². The average molecular weight is 352 g/mol. The third kappa shape index (κ3) is 3.61. The maximum absolute atomic E-state index is 13.7. The van der Waals surface area contributed by atoms with Crippen LogP contribution in [0.4, 0.5) is 10.1 Å². The molecule has 0 aromatic heterocycles. The van der Waals surface area contributed by atoms with Gasteiger partial charge in [-0.3, -0.25) is 0 Å². The molecule has 0 aliphatic heterocycles. The molecular weight excluding hydrogens is 337 g/mol. The molecular formula is C16H15BrFNO2. The highest BCUT2D eigenvalue weighted by molar-refractivity contribution is 9.10. The van der Waals surface area contributed by atoms with Crippen LogP contribution in [0.25, 0.3) is 0 Å². The van der Waals surface area contributed by atoms with E-state index >= 15 is 0 Å². The lowest BCUT2D eigenvalue weighted by molar-refractivity contribution is -0.141. The Balaban J connectivity index is 2.37. The first-order chi connectivity index (χ1) is 10.0. The van der Waals surface area contributed by atoms with Gasteiger partial charge in [0.1, 0.15) is 5.82 Å². The predicted octanol–water partition coefficient (Wildman–Crippen LogP) is 4.22. The number of para-hydroxylation sites is 1. The molecule has 3 nitrogen and oxygen atoms in total. The van der Waals surface area contributed by atoms with Crippen LogP contribution in [-0.4, -0.2) is 13.1 Å². The molecule has 0 heterocycles. The zero-order valence-electron chi connectivity index (χ0n) is 11.7. The van der Waals surface area contributed by atoms with Crippen molar-refractivity contribution >= 4 is 27.6 Å². The third-order valence-corrected chi connectivity index (χ3v) is 3.83. The number of carbonyl (C=O) groups is 1. The molecule has 0 amide bonds. The van der Waals surface area contributed by atoms with Crippen LogP contribution in [-0.2, 0) is 9.53 Å². The van der Waals surface area contributed by atoms with Gasteiger partial charge >= 0.3 is 5.97 Å². The average Bonchev–Trinajstić information content (AvgIpc) is 2.48. The fraction of sp³-hybridized carbons (Fsp3) is 0.188. The number of esters is 1. The lowest BCUT2D eigenvalue weighted by Crippen LogP contribution is -2.22. The highest BCUT2D eigenvalue weighted by Crippen LogP contribution is 2.27. The Morgan fingerprint density at radius 3 is 2.62 bits per heavy atom. The van der Waals surface area contributed by atoms with Gasteiger partial charge in [0, 0.05) is 10.2 Å². The highest BCUT2D eigenvalue weighted by Gasteiger charge is 2.22. The third-order valence-electron chi connectivity index (χ3n) is 3.14. The van der Waals surface area contributed by atoms with E-state index in [1.165, 1.54) is 13.2 Å². The number of hydrogen-bond donors (Lipinski definition) is 1. The van der Waals surface area contributed by atoms with Crippen molar-refractivity contribution in [2.75, 3.05) is 12.4 Å². The molecule has 2 aromatic rings. The number of nitrogens with one attached hydrogen (secondary N) is 1. The Morgan fingerprint density at radius 2 is 2.00 bits per heavy atom. The van der Waals surface area contributed by atoms with Crippen LogP contribution in [0.5, 0.6) is 0 Å². The van der Waals surface area contributed by atoms with Crippen molar-refractivity contribution in [3.8, 4) is 0 Å². The van der Waals surface area contributed by atoms with Gasteiger partial charge in [0.05, 0.1) is 7.11 Å². The van der Waals surface area contributed by atoms with Crippen LogP contribution in [0.2, 0.25) is 0 Å². The van der Waals surface area contributed by atoms with Gasteiger partial charge in [-0.1, -0.05) is 24.3 Å². The van der Waals surface area contributed by atoms with Crippen molar-refractivity contribution in [3.05, 3.63) is 63.9 Å². The largest absolute Gasteiger partial charge is 0.467 e. The molecule has 0 spiro atoms. The second kappa shape index (κ2) is 6.72. The van der Waals surface area contributed by atoms with Gasteiger partial charge in [-0.15, -0.1) is 0 Å². The zero-order chi connectivity index (χ0) is 15.4. The van der Waals surface area contributed by atoms with E-state index in [2.05, 4.69) is 21.2 Å². The summed E-state index contributed by atoms with van der Waals surface area (Å²) in [4.78, 5) is 12.0. The minimum absolute atomic E-state index is 0.352. The number of aryl methyl sites for hydroxylation is 1. The number of rotatable bonds is 4. The molecule has 0 fully saturated rings. The van der Waals surface area contributed by atoms with Crippen LogP contribution in [0.1, 0.15) is 17.2 Å². The van der Waals surface area contributed by atoms with Crippen molar-refractivity contribution in [1.29, 1.82) is 0 Å². The SMILES string of the molecule is COC(=O)C(Nc1ccccc1Br)c1ccc(C)c(F)c1. The maximum Gasteiger partial charge on any atom is 0.332 e. The summed E-state index contributed by atoms with van der Waals surface area (Å²) in [5, 5.41) is 3.07. The summed E-state index contributed by atoms with van der Waals surface area (Å²) >= 11 is 3.41. The van der Waals surface area contributed by atoms with Crippen LogP contribution in [0.3, 0.4) is 0 Å². The first-order valence-corrected chi connectivity index (χ1v) is 7.17. The molecule has 0 aliphatic carbocycles. The van der Waals surface area contributed by atoms with E-state index < -0.39 is 12.0 Å². The fourth-order valence-electron chi connectivity index (χ4n) is 1.92. The number of halogens is 2. The molecule has 2 rings (SSSR count). The Kier molecular flexibility index (Phi) is 4.96. The fourth-order valence-corrected chi connectivity index (χ4v) is 2.32. The molecule has 1 N–H and O–H groups in total. The minimum Gasteiger partial charge on any atom is -0.467 e. The summed E-state index contributed by atoms with van der Waals surface area (Å²) in [5.74, 6) is -0.829. The number of hydrogen-bond acceptors (Lipinski definition) is 3. The van der Waals surface area contributed by atoms with E-state index in [1.807, 2.05) is 24.3 Å². The molecule has 5 heteroatoms. The molecule has 0 saturated heterocycles. The number of methoxy groups -OCH3 is 1. The monoisotopic (exact) mass is 351 g/mol.